The Morgan fingerprint density at radius 1 is 1.13 bits per heavy atom. The maximum Gasteiger partial charge on any atom is 0.410 e. The van der Waals surface area contributed by atoms with Gasteiger partial charge in [0.2, 0.25) is 0 Å². The van der Waals surface area contributed by atoms with E-state index in [1.54, 1.807) is 4.90 Å². The van der Waals surface area contributed by atoms with Crippen LogP contribution in [-0.2, 0) is 24.3 Å². The van der Waals surface area contributed by atoms with Gasteiger partial charge in [0, 0.05) is 13.1 Å². The summed E-state index contributed by atoms with van der Waals surface area (Å²) >= 11 is 0. The fourth-order valence-electron chi connectivity index (χ4n) is 2.75. The van der Waals surface area contributed by atoms with Crippen LogP contribution in [0.1, 0.15) is 23.6 Å². The molecule has 120 valence electrons. The number of nitrogens with zero attached hydrogens (tertiary/aromatic N) is 1. The second kappa shape index (κ2) is 7.18. The SMILES string of the molecule is CCOc1ccc2c(c1)CCN(C(=O)OCc1ccccc1)C2. The first-order valence-corrected chi connectivity index (χ1v) is 7.96. The molecule has 0 saturated carbocycles. The van der Waals surface area contributed by atoms with Gasteiger partial charge in [-0.15, -0.1) is 0 Å². The van der Waals surface area contributed by atoms with Crippen molar-refractivity contribution in [2.75, 3.05) is 13.2 Å². The van der Waals surface area contributed by atoms with Crippen LogP contribution < -0.4 is 4.74 Å². The maximum absolute atomic E-state index is 12.2. The third kappa shape index (κ3) is 3.83. The highest BCUT2D eigenvalue weighted by molar-refractivity contribution is 5.68. The molecule has 0 fully saturated rings. The topological polar surface area (TPSA) is 38.8 Å². The zero-order valence-corrected chi connectivity index (χ0v) is 13.3. The maximum atomic E-state index is 12.2. The van der Waals surface area contributed by atoms with Gasteiger partial charge in [-0.2, -0.15) is 0 Å². The number of carbonyl (C=O) groups is 1. The van der Waals surface area contributed by atoms with Crippen LogP contribution in [0, 0.1) is 0 Å². The number of hydrogen-bond acceptors (Lipinski definition) is 3. The molecule has 0 unspecified atom stereocenters. The Hall–Kier alpha value is -2.49. The summed E-state index contributed by atoms with van der Waals surface area (Å²) in [7, 11) is 0. The lowest BCUT2D eigenvalue weighted by Gasteiger charge is -2.28. The zero-order valence-electron chi connectivity index (χ0n) is 13.3. The Kier molecular flexibility index (Phi) is 4.81. The molecule has 0 spiro atoms. The molecule has 1 aliphatic rings. The molecule has 2 aromatic rings. The normalized spacial score (nSPS) is 13.3. The Balaban J connectivity index is 1.59. The molecule has 0 saturated heterocycles. The molecule has 4 heteroatoms. The average Bonchev–Trinajstić information content (AvgIpc) is 2.60. The molecule has 23 heavy (non-hydrogen) atoms. The van der Waals surface area contributed by atoms with Gasteiger partial charge < -0.3 is 14.4 Å². The number of fused-ring (bicyclic) bond motifs is 1. The molecule has 0 bridgehead atoms. The lowest BCUT2D eigenvalue weighted by atomic mass is 10.00. The fraction of sp³-hybridized carbons (Fsp3) is 0.316. The van der Waals surface area contributed by atoms with E-state index < -0.39 is 0 Å². The Morgan fingerprint density at radius 3 is 2.74 bits per heavy atom. The molecule has 0 radical (unpaired) electrons. The van der Waals surface area contributed by atoms with Crippen molar-refractivity contribution in [3.8, 4) is 5.75 Å². The van der Waals surface area contributed by atoms with Crippen molar-refractivity contribution < 1.29 is 14.3 Å². The smallest absolute Gasteiger partial charge is 0.410 e. The number of rotatable bonds is 4. The van der Waals surface area contributed by atoms with Crippen LogP contribution in [0.4, 0.5) is 4.79 Å². The highest BCUT2D eigenvalue weighted by Gasteiger charge is 2.22. The van der Waals surface area contributed by atoms with Crippen LogP contribution in [0.15, 0.2) is 48.5 Å². The molecule has 0 aliphatic carbocycles. The van der Waals surface area contributed by atoms with Crippen molar-refractivity contribution in [2.24, 2.45) is 0 Å². The lowest BCUT2D eigenvalue weighted by molar-refractivity contribution is 0.0918. The Labute approximate surface area is 136 Å². The van der Waals surface area contributed by atoms with Crippen LogP contribution >= 0.6 is 0 Å². The minimum absolute atomic E-state index is 0.256. The van der Waals surface area contributed by atoms with Gasteiger partial charge in [-0.25, -0.2) is 4.79 Å². The summed E-state index contributed by atoms with van der Waals surface area (Å²) in [5.74, 6) is 0.895. The van der Waals surface area contributed by atoms with E-state index >= 15 is 0 Å². The van der Waals surface area contributed by atoms with Gasteiger partial charge in [0.05, 0.1) is 6.61 Å². The molecule has 2 aromatic carbocycles. The van der Waals surface area contributed by atoms with Crippen LogP contribution in [0.5, 0.6) is 5.75 Å². The molecular formula is C19H21NO3. The van der Waals surface area contributed by atoms with E-state index in [0.29, 0.717) is 26.3 Å². The van der Waals surface area contributed by atoms with Crippen LogP contribution in [0.3, 0.4) is 0 Å². The first-order chi connectivity index (χ1) is 11.3. The number of hydrogen-bond donors (Lipinski definition) is 0. The van der Waals surface area contributed by atoms with Crippen molar-refractivity contribution in [1.82, 2.24) is 4.90 Å². The van der Waals surface area contributed by atoms with Gasteiger partial charge in [0.25, 0.3) is 0 Å². The molecule has 0 atom stereocenters. The third-order valence-electron chi connectivity index (χ3n) is 3.96. The summed E-state index contributed by atoms with van der Waals surface area (Å²) in [6.45, 7) is 4.22. The Morgan fingerprint density at radius 2 is 1.96 bits per heavy atom. The third-order valence-corrected chi connectivity index (χ3v) is 3.96. The number of amides is 1. The molecule has 3 rings (SSSR count). The minimum atomic E-state index is -0.256. The van der Waals surface area contributed by atoms with Crippen LogP contribution in [0.25, 0.3) is 0 Å². The highest BCUT2D eigenvalue weighted by atomic mass is 16.6. The van der Waals surface area contributed by atoms with Gasteiger partial charge in [-0.3, -0.25) is 0 Å². The summed E-state index contributed by atoms with van der Waals surface area (Å²) in [6.07, 6.45) is 0.574. The summed E-state index contributed by atoms with van der Waals surface area (Å²) in [6, 6.07) is 15.8. The molecule has 0 N–H and O–H groups in total. The van der Waals surface area contributed by atoms with Crippen molar-refractivity contribution in [1.29, 1.82) is 0 Å². The molecule has 4 nitrogen and oxygen atoms in total. The summed E-state index contributed by atoms with van der Waals surface area (Å²) in [5.41, 5.74) is 3.42. The van der Waals surface area contributed by atoms with Gasteiger partial charge in [0.15, 0.2) is 0 Å². The number of carbonyl (C=O) groups excluding carboxylic acids is 1. The van der Waals surface area contributed by atoms with E-state index in [0.717, 1.165) is 23.3 Å². The van der Waals surface area contributed by atoms with Crippen LogP contribution in [0.2, 0.25) is 0 Å². The molecule has 0 aromatic heterocycles. The van der Waals surface area contributed by atoms with E-state index in [-0.39, 0.29) is 6.09 Å². The fourth-order valence-corrected chi connectivity index (χ4v) is 2.75. The standard InChI is InChI=1S/C19H21NO3/c1-2-22-18-9-8-17-13-20(11-10-16(17)12-18)19(21)23-14-15-6-4-3-5-7-15/h3-9,12H,2,10-11,13-14H2,1H3. The van der Waals surface area contributed by atoms with E-state index in [4.69, 9.17) is 9.47 Å². The van der Waals surface area contributed by atoms with E-state index in [1.807, 2.05) is 49.4 Å². The quantitative estimate of drug-likeness (QED) is 0.862. The summed E-state index contributed by atoms with van der Waals surface area (Å²) in [5, 5.41) is 0. The van der Waals surface area contributed by atoms with E-state index in [1.165, 1.54) is 5.56 Å². The number of ether oxygens (including phenoxy) is 2. The van der Waals surface area contributed by atoms with Crippen molar-refractivity contribution in [3.05, 3.63) is 65.2 Å². The average molecular weight is 311 g/mol. The molecule has 1 heterocycles. The van der Waals surface area contributed by atoms with Crippen LogP contribution in [-0.4, -0.2) is 24.1 Å². The first-order valence-electron chi connectivity index (χ1n) is 7.96. The van der Waals surface area contributed by atoms with Crippen molar-refractivity contribution in [2.45, 2.75) is 26.5 Å². The molecule has 1 aliphatic heterocycles. The lowest BCUT2D eigenvalue weighted by Crippen LogP contribution is -2.36. The molecule has 1 amide bonds. The monoisotopic (exact) mass is 311 g/mol. The Bertz CT molecular complexity index is 670. The highest BCUT2D eigenvalue weighted by Crippen LogP contribution is 2.24. The van der Waals surface area contributed by atoms with Crippen molar-refractivity contribution in [3.63, 3.8) is 0 Å². The second-order valence-corrected chi connectivity index (χ2v) is 5.58. The summed E-state index contributed by atoms with van der Waals surface area (Å²) in [4.78, 5) is 14.0. The number of benzene rings is 2. The van der Waals surface area contributed by atoms with Gasteiger partial charge in [-0.05, 0) is 42.2 Å². The predicted octanol–water partition coefficient (Wildman–Crippen LogP) is 3.78. The van der Waals surface area contributed by atoms with Gasteiger partial charge >= 0.3 is 6.09 Å². The summed E-state index contributed by atoms with van der Waals surface area (Å²) < 4.78 is 10.9. The van der Waals surface area contributed by atoms with Gasteiger partial charge in [-0.1, -0.05) is 36.4 Å². The molecular weight excluding hydrogens is 290 g/mol. The largest absolute Gasteiger partial charge is 0.494 e. The minimum Gasteiger partial charge on any atom is -0.494 e. The van der Waals surface area contributed by atoms with Crippen molar-refractivity contribution >= 4 is 6.09 Å². The zero-order chi connectivity index (χ0) is 16.1. The van der Waals surface area contributed by atoms with Gasteiger partial charge in [0.1, 0.15) is 12.4 Å². The van der Waals surface area contributed by atoms with E-state index in [9.17, 15) is 4.79 Å². The van der Waals surface area contributed by atoms with E-state index in [2.05, 4.69) is 6.07 Å². The second-order valence-electron chi connectivity index (χ2n) is 5.58. The predicted molar refractivity (Wildman–Crippen MR) is 88.4 cm³/mol. The first kappa shape index (κ1) is 15.4.